The summed E-state index contributed by atoms with van der Waals surface area (Å²) >= 11 is 0. The Hall–Kier alpha value is -1.60. The van der Waals surface area contributed by atoms with E-state index in [2.05, 4.69) is 10.2 Å². The van der Waals surface area contributed by atoms with Gasteiger partial charge in [-0.15, -0.1) is 0 Å². The molecule has 1 aromatic rings. The molecule has 2 saturated heterocycles. The van der Waals surface area contributed by atoms with Crippen molar-refractivity contribution in [3.05, 3.63) is 18.2 Å². The van der Waals surface area contributed by atoms with Gasteiger partial charge in [-0.05, 0) is 50.3 Å². The summed E-state index contributed by atoms with van der Waals surface area (Å²) in [6.07, 6.45) is 4.81. The van der Waals surface area contributed by atoms with Crippen LogP contribution in [0.3, 0.4) is 0 Å². The van der Waals surface area contributed by atoms with E-state index < -0.39 is 10.0 Å². The van der Waals surface area contributed by atoms with E-state index in [9.17, 15) is 13.2 Å². The normalized spacial score (nSPS) is 25.0. The van der Waals surface area contributed by atoms with Gasteiger partial charge in [-0.3, -0.25) is 4.79 Å². The molecule has 1 amide bonds. The zero-order valence-corrected chi connectivity index (χ0v) is 13.8. The van der Waals surface area contributed by atoms with Gasteiger partial charge in [-0.2, -0.15) is 4.31 Å². The summed E-state index contributed by atoms with van der Waals surface area (Å²) in [7, 11) is -3.46. The minimum atomic E-state index is -3.46. The molecule has 0 radical (unpaired) electrons. The average Bonchev–Trinajstić information content (AvgIpc) is 3.10. The number of hydrogen-bond acceptors (Lipinski definition) is 4. The smallest absolute Gasteiger partial charge is 0.247 e. The molecule has 124 valence electrons. The van der Waals surface area contributed by atoms with Crippen LogP contribution in [0.4, 0.5) is 11.4 Å². The third kappa shape index (κ3) is 2.42. The Labute approximate surface area is 136 Å². The van der Waals surface area contributed by atoms with Crippen LogP contribution in [0.5, 0.6) is 0 Å². The first-order valence-electron chi connectivity index (χ1n) is 8.29. The van der Waals surface area contributed by atoms with Crippen LogP contribution in [-0.2, 0) is 14.8 Å². The standard InChI is InChI=1S/C16H21N3O3S/c20-16-15-5-1-2-10-19(15)14-7-6-12(11-13(14)17-16)23(21,22)18-8-3-4-9-18/h6-7,11,15H,1-5,8-10H2,(H,17,20). The first-order valence-corrected chi connectivity index (χ1v) is 9.73. The van der Waals surface area contributed by atoms with E-state index in [1.54, 1.807) is 12.1 Å². The van der Waals surface area contributed by atoms with Crippen molar-refractivity contribution in [1.82, 2.24) is 4.31 Å². The SMILES string of the molecule is O=C1Nc2cc(S(=O)(=O)N3CCCC3)ccc2N2CCCCC12. The molecule has 1 N–H and O–H groups in total. The lowest BCUT2D eigenvalue weighted by molar-refractivity contribution is -0.118. The molecule has 23 heavy (non-hydrogen) atoms. The third-order valence-corrected chi connectivity index (χ3v) is 6.94. The maximum Gasteiger partial charge on any atom is 0.247 e. The van der Waals surface area contributed by atoms with Crippen LogP contribution in [0.2, 0.25) is 0 Å². The van der Waals surface area contributed by atoms with Gasteiger partial charge in [0.2, 0.25) is 15.9 Å². The molecule has 3 heterocycles. The van der Waals surface area contributed by atoms with Crippen molar-refractivity contribution in [3.8, 4) is 0 Å². The highest BCUT2D eigenvalue weighted by Gasteiger charge is 2.36. The van der Waals surface area contributed by atoms with Crippen molar-refractivity contribution >= 4 is 27.3 Å². The van der Waals surface area contributed by atoms with E-state index in [4.69, 9.17) is 0 Å². The van der Waals surface area contributed by atoms with Crippen LogP contribution in [0.25, 0.3) is 0 Å². The number of benzene rings is 1. The predicted molar refractivity (Wildman–Crippen MR) is 88.0 cm³/mol. The van der Waals surface area contributed by atoms with Crippen LogP contribution < -0.4 is 10.2 Å². The Morgan fingerprint density at radius 3 is 2.57 bits per heavy atom. The quantitative estimate of drug-likeness (QED) is 0.894. The molecule has 4 rings (SSSR count). The van der Waals surface area contributed by atoms with Crippen molar-refractivity contribution in [1.29, 1.82) is 0 Å². The van der Waals surface area contributed by atoms with Gasteiger partial charge in [0.15, 0.2) is 0 Å². The van der Waals surface area contributed by atoms with Crippen molar-refractivity contribution in [3.63, 3.8) is 0 Å². The summed E-state index contributed by atoms with van der Waals surface area (Å²) in [4.78, 5) is 14.7. The molecule has 2 fully saturated rings. The molecular weight excluding hydrogens is 314 g/mol. The van der Waals surface area contributed by atoms with Crippen LogP contribution in [0, 0.1) is 0 Å². The van der Waals surface area contributed by atoms with Gasteiger partial charge in [0.05, 0.1) is 16.3 Å². The van der Waals surface area contributed by atoms with Gasteiger partial charge in [0.1, 0.15) is 6.04 Å². The van der Waals surface area contributed by atoms with Gasteiger partial charge in [-0.25, -0.2) is 8.42 Å². The topological polar surface area (TPSA) is 69.7 Å². The first kappa shape index (κ1) is 15.0. The van der Waals surface area contributed by atoms with E-state index in [0.29, 0.717) is 18.8 Å². The minimum Gasteiger partial charge on any atom is -0.358 e. The largest absolute Gasteiger partial charge is 0.358 e. The lowest BCUT2D eigenvalue weighted by Crippen LogP contribution is -2.50. The molecule has 1 atom stereocenters. The van der Waals surface area contributed by atoms with E-state index in [1.807, 2.05) is 6.07 Å². The summed E-state index contributed by atoms with van der Waals surface area (Å²) in [6.45, 7) is 2.02. The Morgan fingerprint density at radius 1 is 1.04 bits per heavy atom. The lowest BCUT2D eigenvalue weighted by atomic mass is 9.97. The second-order valence-corrected chi connectivity index (χ2v) is 8.42. The molecule has 0 aliphatic carbocycles. The summed E-state index contributed by atoms with van der Waals surface area (Å²) in [5, 5.41) is 2.90. The van der Waals surface area contributed by atoms with Crippen molar-refractivity contribution < 1.29 is 13.2 Å². The number of nitrogens with one attached hydrogen (secondary N) is 1. The van der Waals surface area contributed by atoms with Crippen LogP contribution in [0.1, 0.15) is 32.1 Å². The van der Waals surface area contributed by atoms with E-state index in [1.165, 1.54) is 4.31 Å². The number of piperidine rings is 1. The summed E-state index contributed by atoms with van der Waals surface area (Å²) in [5.74, 6) is -0.0204. The molecule has 0 bridgehead atoms. The summed E-state index contributed by atoms with van der Waals surface area (Å²) in [6, 6.07) is 5.02. The molecular formula is C16H21N3O3S. The van der Waals surface area contributed by atoms with Crippen LogP contribution in [0.15, 0.2) is 23.1 Å². The van der Waals surface area contributed by atoms with Gasteiger partial charge < -0.3 is 10.2 Å². The minimum absolute atomic E-state index is 0.0204. The summed E-state index contributed by atoms with van der Waals surface area (Å²) in [5.41, 5.74) is 1.56. The van der Waals surface area contributed by atoms with Crippen LogP contribution >= 0.6 is 0 Å². The molecule has 6 nitrogen and oxygen atoms in total. The fourth-order valence-electron chi connectivity index (χ4n) is 3.81. The fraction of sp³-hybridized carbons (Fsp3) is 0.562. The van der Waals surface area contributed by atoms with Gasteiger partial charge >= 0.3 is 0 Å². The van der Waals surface area contributed by atoms with Crippen molar-refractivity contribution in [2.45, 2.75) is 43.0 Å². The van der Waals surface area contributed by atoms with E-state index in [-0.39, 0.29) is 16.8 Å². The van der Waals surface area contributed by atoms with Crippen molar-refractivity contribution in [2.24, 2.45) is 0 Å². The lowest BCUT2D eigenvalue weighted by Gasteiger charge is -2.41. The molecule has 0 saturated carbocycles. The highest BCUT2D eigenvalue weighted by atomic mass is 32.2. The number of fused-ring (bicyclic) bond motifs is 3. The van der Waals surface area contributed by atoms with Crippen molar-refractivity contribution in [2.75, 3.05) is 29.9 Å². The number of hydrogen-bond donors (Lipinski definition) is 1. The number of carbonyl (C=O) groups excluding carboxylic acids is 1. The molecule has 3 aliphatic rings. The fourth-order valence-corrected chi connectivity index (χ4v) is 5.36. The average molecular weight is 335 g/mol. The Kier molecular flexibility index (Phi) is 3.57. The zero-order valence-electron chi connectivity index (χ0n) is 13.0. The number of rotatable bonds is 2. The van der Waals surface area contributed by atoms with E-state index in [0.717, 1.165) is 44.3 Å². The molecule has 1 aromatic carbocycles. The Bertz CT molecular complexity index is 741. The van der Waals surface area contributed by atoms with E-state index >= 15 is 0 Å². The number of carbonyl (C=O) groups is 1. The molecule has 3 aliphatic heterocycles. The predicted octanol–water partition coefficient (Wildman–Crippen LogP) is 1.78. The highest BCUT2D eigenvalue weighted by molar-refractivity contribution is 7.89. The maximum absolute atomic E-state index is 12.7. The number of anilines is 2. The van der Waals surface area contributed by atoms with Crippen LogP contribution in [-0.4, -0.2) is 44.3 Å². The zero-order chi connectivity index (χ0) is 16.0. The summed E-state index contributed by atoms with van der Waals surface area (Å²) < 4.78 is 26.9. The third-order valence-electron chi connectivity index (χ3n) is 5.04. The van der Waals surface area contributed by atoms with Gasteiger partial charge in [0, 0.05) is 19.6 Å². The van der Waals surface area contributed by atoms with Gasteiger partial charge in [0.25, 0.3) is 0 Å². The van der Waals surface area contributed by atoms with Gasteiger partial charge in [-0.1, -0.05) is 0 Å². The number of nitrogens with zero attached hydrogens (tertiary/aromatic N) is 2. The molecule has 1 unspecified atom stereocenters. The number of sulfonamides is 1. The monoisotopic (exact) mass is 335 g/mol. The second-order valence-electron chi connectivity index (χ2n) is 6.48. The Morgan fingerprint density at radius 2 is 1.78 bits per heavy atom. The molecule has 0 aromatic heterocycles. The molecule has 0 spiro atoms. The second kappa shape index (κ2) is 5.49. The Balaban J connectivity index is 1.71. The first-order chi connectivity index (χ1) is 11.1. The maximum atomic E-state index is 12.7. The number of amides is 1. The molecule has 7 heteroatoms. The highest BCUT2D eigenvalue weighted by Crippen LogP contribution is 2.37.